The molecule has 0 aliphatic carbocycles. The van der Waals surface area contributed by atoms with E-state index in [-0.39, 0.29) is 18.4 Å². The van der Waals surface area contributed by atoms with Crippen molar-refractivity contribution >= 4 is 69.2 Å². The zero-order valence-corrected chi connectivity index (χ0v) is 21.1. The van der Waals surface area contributed by atoms with Crippen LogP contribution in [-0.2, 0) is 9.59 Å². The van der Waals surface area contributed by atoms with Crippen LogP contribution in [0.15, 0.2) is 77.7 Å². The summed E-state index contributed by atoms with van der Waals surface area (Å²) >= 11 is 12.6. The number of carbonyl (C=O) groups excluding carboxylic acids is 2. The Kier molecular flexibility index (Phi) is 8.07. The number of amides is 2. The summed E-state index contributed by atoms with van der Waals surface area (Å²) in [5, 5.41) is 3.37. The lowest BCUT2D eigenvalue weighted by Crippen LogP contribution is -2.27. The van der Waals surface area contributed by atoms with E-state index in [4.69, 9.17) is 33.3 Å². The minimum absolute atomic E-state index is 0.133. The quantitative estimate of drug-likeness (QED) is 0.281. The highest BCUT2D eigenvalue weighted by molar-refractivity contribution is 8.27. The Morgan fingerprint density at radius 3 is 2.29 bits per heavy atom. The van der Waals surface area contributed by atoms with Crippen molar-refractivity contribution in [2.45, 2.75) is 6.92 Å². The van der Waals surface area contributed by atoms with Crippen LogP contribution in [0.25, 0.3) is 6.08 Å². The molecule has 1 aliphatic heterocycles. The molecule has 1 N–H and O–H groups in total. The largest absolute Gasteiger partial charge is 0.494 e. The summed E-state index contributed by atoms with van der Waals surface area (Å²) in [7, 11) is 0. The Labute approximate surface area is 217 Å². The molecule has 2 amide bonds. The van der Waals surface area contributed by atoms with Crippen LogP contribution in [-0.4, -0.2) is 29.3 Å². The molecule has 35 heavy (non-hydrogen) atoms. The maximum atomic E-state index is 12.9. The van der Waals surface area contributed by atoms with E-state index in [0.717, 1.165) is 11.3 Å². The van der Waals surface area contributed by atoms with Crippen LogP contribution in [0.5, 0.6) is 11.5 Å². The van der Waals surface area contributed by atoms with Gasteiger partial charge in [0.1, 0.15) is 11.5 Å². The molecule has 1 aliphatic rings. The predicted octanol–water partition coefficient (Wildman–Crippen LogP) is 6.16. The molecule has 1 fully saturated rings. The number of hydrogen-bond acceptors (Lipinski definition) is 6. The van der Waals surface area contributed by atoms with E-state index in [1.807, 2.05) is 19.1 Å². The molecule has 0 aromatic heterocycles. The first-order valence-electron chi connectivity index (χ1n) is 10.7. The number of ether oxygens (including phenoxy) is 2. The Bertz CT molecular complexity index is 1260. The third-order valence-electron chi connectivity index (χ3n) is 4.88. The normalized spacial score (nSPS) is 14.3. The second-order valence-corrected chi connectivity index (χ2v) is 9.47. The summed E-state index contributed by atoms with van der Waals surface area (Å²) in [6.45, 7) is 2.36. The van der Waals surface area contributed by atoms with Crippen LogP contribution in [0, 0.1) is 0 Å². The van der Waals surface area contributed by atoms with Gasteiger partial charge in [-0.05, 0) is 79.2 Å². The maximum Gasteiger partial charge on any atom is 0.270 e. The van der Waals surface area contributed by atoms with Gasteiger partial charge in [0.2, 0.25) is 0 Å². The summed E-state index contributed by atoms with van der Waals surface area (Å²) in [4.78, 5) is 27.1. The van der Waals surface area contributed by atoms with Crippen molar-refractivity contribution in [1.29, 1.82) is 0 Å². The van der Waals surface area contributed by atoms with Gasteiger partial charge in [0.05, 0.1) is 17.2 Å². The molecular formula is C26H21ClN2O4S2. The van der Waals surface area contributed by atoms with Gasteiger partial charge in [-0.2, -0.15) is 0 Å². The lowest BCUT2D eigenvalue weighted by Gasteiger charge is -2.14. The smallest absolute Gasteiger partial charge is 0.270 e. The minimum atomic E-state index is -0.274. The van der Waals surface area contributed by atoms with Gasteiger partial charge < -0.3 is 14.8 Å². The Hall–Kier alpha value is -3.33. The number of thioether (sulfide) groups is 1. The Balaban J connectivity index is 1.33. The fourth-order valence-electron chi connectivity index (χ4n) is 3.24. The molecule has 1 heterocycles. The number of carbonyl (C=O) groups is 2. The fourth-order valence-corrected chi connectivity index (χ4v) is 4.66. The van der Waals surface area contributed by atoms with Gasteiger partial charge >= 0.3 is 0 Å². The second-order valence-electron chi connectivity index (χ2n) is 7.36. The van der Waals surface area contributed by atoms with Crippen LogP contribution < -0.4 is 19.7 Å². The van der Waals surface area contributed by atoms with Crippen molar-refractivity contribution in [3.63, 3.8) is 0 Å². The van der Waals surface area contributed by atoms with Crippen LogP contribution in [0.2, 0.25) is 5.02 Å². The molecule has 9 heteroatoms. The molecule has 0 unspecified atom stereocenters. The van der Waals surface area contributed by atoms with E-state index in [9.17, 15) is 9.59 Å². The van der Waals surface area contributed by atoms with Gasteiger partial charge in [0.15, 0.2) is 10.9 Å². The average molecular weight is 525 g/mol. The van der Waals surface area contributed by atoms with E-state index in [1.165, 1.54) is 16.7 Å². The summed E-state index contributed by atoms with van der Waals surface area (Å²) in [6, 6.07) is 21.2. The van der Waals surface area contributed by atoms with Crippen molar-refractivity contribution in [3.8, 4) is 11.5 Å². The van der Waals surface area contributed by atoms with E-state index in [2.05, 4.69) is 5.32 Å². The third kappa shape index (κ3) is 6.42. The molecule has 4 rings (SSSR count). The Morgan fingerprint density at radius 2 is 1.63 bits per heavy atom. The standard InChI is InChI=1S/C26H21ClN2O4S2/c1-2-32-21-13-7-19(8-14-21)28-24(30)16-33-22-11-3-17(4-12-22)15-23-25(31)29(26(34)35-23)20-9-5-18(27)6-10-20/h3-15H,2,16H2,1H3,(H,28,30)/b23-15-. The summed E-state index contributed by atoms with van der Waals surface area (Å²) < 4.78 is 11.4. The van der Waals surface area contributed by atoms with E-state index >= 15 is 0 Å². The molecule has 6 nitrogen and oxygen atoms in total. The number of nitrogens with zero attached hydrogens (tertiary/aromatic N) is 1. The van der Waals surface area contributed by atoms with Gasteiger partial charge in [-0.1, -0.05) is 47.7 Å². The summed E-state index contributed by atoms with van der Waals surface area (Å²) in [5.74, 6) is 0.824. The van der Waals surface area contributed by atoms with Crippen molar-refractivity contribution in [3.05, 3.63) is 88.3 Å². The first kappa shape index (κ1) is 24.8. The van der Waals surface area contributed by atoms with Gasteiger partial charge in [-0.15, -0.1) is 0 Å². The molecular weight excluding hydrogens is 504 g/mol. The highest BCUT2D eigenvalue weighted by Crippen LogP contribution is 2.36. The number of hydrogen-bond donors (Lipinski definition) is 1. The zero-order valence-electron chi connectivity index (χ0n) is 18.7. The van der Waals surface area contributed by atoms with Gasteiger partial charge in [0.25, 0.3) is 11.8 Å². The fraction of sp³-hybridized carbons (Fsp3) is 0.115. The summed E-state index contributed by atoms with van der Waals surface area (Å²) in [6.07, 6.45) is 1.78. The number of thiocarbonyl (C=S) groups is 1. The van der Waals surface area contributed by atoms with Crippen molar-refractivity contribution in [1.82, 2.24) is 0 Å². The molecule has 3 aromatic carbocycles. The molecule has 0 atom stereocenters. The maximum absolute atomic E-state index is 12.9. The Morgan fingerprint density at radius 1 is 1.00 bits per heavy atom. The van der Waals surface area contributed by atoms with Gasteiger partial charge in [-0.3, -0.25) is 14.5 Å². The third-order valence-corrected chi connectivity index (χ3v) is 6.43. The van der Waals surface area contributed by atoms with E-state index in [1.54, 1.807) is 66.7 Å². The predicted molar refractivity (Wildman–Crippen MR) is 145 cm³/mol. The lowest BCUT2D eigenvalue weighted by atomic mass is 10.2. The number of rotatable bonds is 8. The average Bonchev–Trinajstić information content (AvgIpc) is 3.13. The van der Waals surface area contributed by atoms with Crippen LogP contribution >= 0.6 is 35.6 Å². The van der Waals surface area contributed by atoms with Crippen LogP contribution in [0.3, 0.4) is 0 Å². The van der Waals surface area contributed by atoms with Crippen molar-refractivity contribution in [2.75, 3.05) is 23.4 Å². The minimum Gasteiger partial charge on any atom is -0.494 e. The number of benzene rings is 3. The lowest BCUT2D eigenvalue weighted by molar-refractivity contribution is -0.118. The first-order chi connectivity index (χ1) is 16.9. The van der Waals surface area contributed by atoms with Crippen molar-refractivity contribution in [2.24, 2.45) is 0 Å². The zero-order chi connectivity index (χ0) is 24.8. The molecule has 1 saturated heterocycles. The molecule has 0 radical (unpaired) electrons. The molecule has 0 bridgehead atoms. The number of halogens is 1. The summed E-state index contributed by atoms with van der Waals surface area (Å²) in [5.41, 5.74) is 2.15. The molecule has 3 aromatic rings. The van der Waals surface area contributed by atoms with Crippen LogP contribution in [0.4, 0.5) is 11.4 Å². The molecule has 178 valence electrons. The van der Waals surface area contributed by atoms with Gasteiger partial charge in [0, 0.05) is 10.7 Å². The van der Waals surface area contributed by atoms with Gasteiger partial charge in [-0.25, -0.2) is 0 Å². The number of anilines is 2. The molecule has 0 spiro atoms. The highest BCUT2D eigenvalue weighted by Gasteiger charge is 2.33. The number of nitrogens with one attached hydrogen (secondary N) is 1. The topological polar surface area (TPSA) is 67.9 Å². The van der Waals surface area contributed by atoms with E-state index < -0.39 is 0 Å². The SMILES string of the molecule is CCOc1ccc(NC(=O)COc2ccc(/C=C3\SC(=S)N(c4ccc(Cl)cc4)C3=O)cc2)cc1. The molecule has 0 saturated carbocycles. The van der Waals surface area contributed by atoms with Crippen molar-refractivity contribution < 1.29 is 19.1 Å². The monoisotopic (exact) mass is 524 g/mol. The van der Waals surface area contributed by atoms with E-state index in [0.29, 0.717) is 38.0 Å². The highest BCUT2D eigenvalue weighted by atomic mass is 35.5. The second kappa shape index (κ2) is 11.4. The first-order valence-corrected chi connectivity index (χ1v) is 12.3. The van der Waals surface area contributed by atoms with Crippen LogP contribution in [0.1, 0.15) is 12.5 Å².